The van der Waals surface area contributed by atoms with Crippen LogP contribution in [0, 0.1) is 0 Å². The number of fused-ring (bicyclic) bond motifs is 1. The molecule has 0 saturated heterocycles. The Bertz CT molecular complexity index is 587. The number of rotatable bonds is 1. The molecule has 0 amide bonds. The van der Waals surface area contributed by atoms with Crippen LogP contribution in [-0.2, 0) is 0 Å². The van der Waals surface area contributed by atoms with Crippen molar-refractivity contribution in [2.45, 2.75) is 0 Å². The number of hydrogen-bond acceptors (Lipinski definition) is 3. The van der Waals surface area contributed by atoms with Crippen LogP contribution in [0.25, 0.3) is 21.3 Å². The van der Waals surface area contributed by atoms with Crippen LogP contribution in [0.3, 0.4) is 0 Å². The van der Waals surface area contributed by atoms with Crippen LogP contribution >= 0.6 is 11.3 Å². The average Bonchev–Trinajstić information content (AvgIpc) is 2.77. The molecule has 0 aliphatic heterocycles. The largest absolute Gasteiger partial charge is 0.245 e. The van der Waals surface area contributed by atoms with Crippen molar-refractivity contribution in [3.8, 4) is 11.3 Å². The first-order chi connectivity index (χ1) is 7.43. The zero-order valence-electron chi connectivity index (χ0n) is 7.92. The van der Waals surface area contributed by atoms with Gasteiger partial charge in [-0.1, -0.05) is 12.1 Å². The van der Waals surface area contributed by atoms with Crippen LogP contribution in [-0.4, -0.2) is 9.97 Å². The zero-order chi connectivity index (χ0) is 10.1. The van der Waals surface area contributed by atoms with Crippen molar-refractivity contribution in [3.05, 3.63) is 48.2 Å². The number of thiophene rings is 1. The van der Waals surface area contributed by atoms with Crippen molar-refractivity contribution in [2.75, 3.05) is 0 Å². The quantitative estimate of drug-likeness (QED) is 0.618. The van der Waals surface area contributed by atoms with Crippen molar-refractivity contribution >= 4 is 21.4 Å². The zero-order valence-corrected chi connectivity index (χ0v) is 8.74. The van der Waals surface area contributed by atoms with Gasteiger partial charge in [0.05, 0.1) is 5.69 Å². The van der Waals surface area contributed by atoms with Gasteiger partial charge in [-0.3, -0.25) is 0 Å². The smallest absolute Gasteiger partial charge is 0.116 e. The lowest BCUT2D eigenvalue weighted by Crippen LogP contribution is -1.82. The maximum absolute atomic E-state index is 4.23. The molecule has 72 valence electrons. The summed E-state index contributed by atoms with van der Waals surface area (Å²) < 4.78 is 1.30. The SMILES string of the molecule is c1cc(-c2ccc3ccsc3c2)ncn1. The minimum absolute atomic E-state index is 0.973. The van der Waals surface area contributed by atoms with Crippen LogP contribution in [0.4, 0.5) is 0 Å². The Morgan fingerprint density at radius 1 is 1.07 bits per heavy atom. The lowest BCUT2D eigenvalue weighted by molar-refractivity contribution is 1.17. The third-order valence-electron chi connectivity index (χ3n) is 2.33. The second-order valence-corrected chi connectivity index (χ2v) is 4.22. The molecule has 3 aromatic rings. The molecule has 15 heavy (non-hydrogen) atoms. The van der Waals surface area contributed by atoms with Gasteiger partial charge in [-0.2, -0.15) is 0 Å². The van der Waals surface area contributed by atoms with Gasteiger partial charge in [0.15, 0.2) is 0 Å². The van der Waals surface area contributed by atoms with Crippen LogP contribution in [0.5, 0.6) is 0 Å². The van der Waals surface area contributed by atoms with Crippen molar-refractivity contribution in [1.29, 1.82) is 0 Å². The summed E-state index contributed by atoms with van der Waals surface area (Å²) in [6, 6.07) is 10.4. The third-order valence-corrected chi connectivity index (χ3v) is 3.21. The summed E-state index contributed by atoms with van der Waals surface area (Å²) in [6.45, 7) is 0. The molecular formula is C12H8N2S. The summed E-state index contributed by atoms with van der Waals surface area (Å²) in [5.41, 5.74) is 2.12. The Balaban J connectivity index is 2.19. The van der Waals surface area contributed by atoms with Gasteiger partial charge >= 0.3 is 0 Å². The Kier molecular flexibility index (Phi) is 1.96. The molecule has 0 spiro atoms. The van der Waals surface area contributed by atoms with Gasteiger partial charge in [0.1, 0.15) is 6.33 Å². The second-order valence-electron chi connectivity index (χ2n) is 3.27. The summed E-state index contributed by atoms with van der Waals surface area (Å²) >= 11 is 1.75. The Morgan fingerprint density at radius 2 is 2.07 bits per heavy atom. The molecule has 1 aromatic carbocycles. The van der Waals surface area contributed by atoms with Crippen molar-refractivity contribution in [3.63, 3.8) is 0 Å². The summed E-state index contributed by atoms with van der Waals surface area (Å²) in [6.07, 6.45) is 3.34. The highest BCUT2D eigenvalue weighted by Crippen LogP contribution is 2.26. The lowest BCUT2D eigenvalue weighted by Gasteiger charge is -1.99. The summed E-state index contributed by atoms with van der Waals surface area (Å²) in [4.78, 5) is 8.15. The fourth-order valence-electron chi connectivity index (χ4n) is 1.58. The van der Waals surface area contributed by atoms with E-state index < -0.39 is 0 Å². The molecule has 0 unspecified atom stereocenters. The van der Waals surface area contributed by atoms with Crippen LogP contribution < -0.4 is 0 Å². The number of nitrogens with zero attached hydrogens (tertiary/aromatic N) is 2. The van der Waals surface area contributed by atoms with Gasteiger partial charge in [0.2, 0.25) is 0 Å². The van der Waals surface area contributed by atoms with Crippen molar-refractivity contribution < 1.29 is 0 Å². The predicted octanol–water partition coefficient (Wildman–Crippen LogP) is 3.36. The van der Waals surface area contributed by atoms with Gasteiger partial charge in [0, 0.05) is 16.5 Å². The molecule has 0 atom stereocenters. The molecule has 3 rings (SSSR count). The molecule has 2 aromatic heterocycles. The highest BCUT2D eigenvalue weighted by atomic mass is 32.1. The predicted molar refractivity (Wildman–Crippen MR) is 62.9 cm³/mol. The Labute approximate surface area is 91.2 Å². The molecule has 3 heteroatoms. The highest BCUT2D eigenvalue weighted by Gasteiger charge is 2.00. The van der Waals surface area contributed by atoms with E-state index in [0.29, 0.717) is 0 Å². The molecule has 0 bridgehead atoms. The molecule has 0 aliphatic rings. The minimum Gasteiger partial charge on any atom is -0.245 e. The molecule has 0 radical (unpaired) electrons. The second kappa shape index (κ2) is 3.44. The van der Waals surface area contributed by atoms with Crippen LogP contribution in [0.15, 0.2) is 48.2 Å². The topological polar surface area (TPSA) is 25.8 Å². The minimum atomic E-state index is 0.973. The monoisotopic (exact) mass is 212 g/mol. The van der Waals surface area contributed by atoms with Crippen molar-refractivity contribution in [2.24, 2.45) is 0 Å². The molecule has 0 fully saturated rings. The fraction of sp³-hybridized carbons (Fsp3) is 0. The number of aromatic nitrogens is 2. The van der Waals surface area contributed by atoms with E-state index in [4.69, 9.17) is 0 Å². The van der Waals surface area contributed by atoms with E-state index in [0.717, 1.165) is 11.3 Å². The first-order valence-corrected chi connectivity index (χ1v) is 5.55. The number of hydrogen-bond donors (Lipinski definition) is 0. The Hall–Kier alpha value is -1.74. The first kappa shape index (κ1) is 8.56. The van der Waals surface area contributed by atoms with Gasteiger partial charge in [0.25, 0.3) is 0 Å². The molecule has 0 aliphatic carbocycles. The number of benzene rings is 1. The fourth-order valence-corrected chi connectivity index (χ4v) is 2.40. The molecule has 2 nitrogen and oxygen atoms in total. The Morgan fingerprint density at radius 3 is 2.93 bits per heavy atom. The normalized spacial score (nSPS) is 10.7. The molecule has 0 saturated carbocycles. The summed E-state index contributed by atoms with van der Waals surface area (Å²) in [5.74, 6) is 0. The van der Waals surface area contributed by atoms with Crippen molar-refractivity contribution in [1.82, 2.24) is 9.97 Å². The van der Waals surface area contributed by atoms with Gasteiger partial charge in [-0.15, -0.1) is 11.3 Å². The van der Waals surface area contributed by atoms with E-state index in [-0.39, 0.29) is 0 Å². The maximum atomic E-state index is 4.23. The summed E-state index contributed by atoms with van der Waals surface area (Å²) in [5, 5.41) is 3.40. The average molecular weight is 212 g/mol. The first-order valence-electron chi connectivity index (χ1n) is 4.67. The highest BCUT2D eigenvalue weighted by molar-refractivity contribution is 7.17. The van der Waals surface area contributed by atoms with Gasteiger partial charge < -0.3 is 0 Å². The van der Waals surface area contributed by atoms with E-state index in [1.807, 2.05) is 6.07 Å². The summed E-state index contributed by atoms with van der Waals surface area (Å²) in [7, 11) is 0. The van der Waals surface area contributed by atoms with E-state index >= 15 is 0 Å². The van der Waals surface area contributed by atoms with Crippen LogP contribution in [0.2, 0.25) is 0 Å². The molecular weight excluding hydrogens is 204 g/mol. The lowest BCUT2D eigenvalue weighted by atomic mass is 10.1. The molecule has 2 heterocycles. The standard InChI is InChI=1S/C12H8N2S/c1-2-10(11-3-5-13-8-14-11)7-12-9(1)4-6-15-12/h1-8H. The molecule has 0 N–H and O–H groups in total. The van der Waals surface area contributed by atoms with Gasteiger partial charge in [-0.25, -0.2) is 9.97 Å². The van der Waals surface area contributed by atoms with E-state index in [1.165, 1.54) is 10.1 Å². The maximum Gasteiger partial charge on any atom is 0.116 e. The van der Waals surface area contributed by atoms with E-state index in [1.54, 1.807) is 23.9 Å². The van der Waals surface area contributed by atoms with E-state index in [9.17, 15) is 0 Å². The third kappa shape index (κ3) is 1.51. The van der Waals surface area contributed by atoms with Gasteiger partial charge in [-0.05, 0) is 29.0 Å². The van der Waals surface area contributed by atoms with Crippen LogP contribution in [0.1, 0.15) is 0 Å². The van der Waals surface area contributed by atoms with E-state index in [2.05, 4.69) is 39.6 Å².